The molecule has 1 saturated carbocycles. The summed E-state index contributed by atoms with van der Waals surface area (Å²) in [5.41, 5.74) is 2.86. The van der Waals surface area contributed by atoms with Gasteiger partial charge >= 0.3 is 0 Å². The van der Waals surface area contributed by atoms with Crippen molar-refractivity contribution in [3.05, 3.63) is 99.9 Å². The van der Waals surface area contributed by atoms with Crippen LogP contribution in [-0.4, -0.2) is 136 Å². The van der Waals surface area contributed by atoms with Gasteiger partial charge in [-0.3, -0.25) is 19.5 Å². The molecule has 0 radical (unpaired) electrons. The fraction of sp³-hybridized carbons (Fsp3) is 0.569. The molecule has 3 N–H and O–H groups in total. The highest BCUT2D eigenvalue weighted by Gasteiger charge is 2.76. The Balaban J connectivity index is 1.12. The number of rotatable bonds is 11. The summed E-state index contributed by atoms with van der Waals surface area (Å²) in [7, 11) is 10.6. The topological polar surface area (TPSA) is 101 Å². The van der Waals surface area contributed by atoms with Crippen LogP contribution in [0, 0.1) is 16.7 Å². The number of Topliss-reactive ketones (excluding diaryl/α,β-unsaturated/α-hetero) is 1. The monoisotopic (exact) mass is 910 g/mol. The van der Waals surface area contributed by atoms with Crippen LogP contribution < -0.4 is 15.4 Å². The molecule has 4 saturated heterocycles. The van der Waals surface area contributed by atoms with Gasteiger partial charge in [-0.15, -0.1) is 0 Å². The Hall–Kier alpha value is -3.36. The van der Waals surface area contributed by atoms with E-state index in [1.807, 2.05) is 56.7 Å². The van der Waals surface area contributed by atoms with Gasteiger partial charge in [0.1, 0.15) is 17.3 Å². The number of ketones is 1. The lowest BCUT2D eigenvalue weighted by Gasteiger charge is -2.57. The number of benzene rings is 3. The van der Waals surface area contributed by atoms with Crippen molar-refractivity contribution < 1.29 is 14.6 Å². The third kappa shape index (κ3) is 7.37. The van der Waals surface area contributed by atoms with Gasteiger partial charge in [0.2, 0.25) is 0 Å². The predicted molar refractivity (Wildman–Crippen MR) is 256 cm³/mol. The zero-order valence-corrected chi connectivity index (χ0v) is 40.6. The number of carbonyl (C=O) groups is 1. The molecule has 13 heteroatoms. The maximum atomic E-state index is 16.9. The molecule has 1 spiro atoms. The molecule has 5 heterocycles. The highest BCUT2D eigenvalue weighted by atomic mass is 35.5. The van der Waals surface area contributed by atoms with Crippen molar-refractivity contribution in [1.29, 1.82) is 0 Å². The minimum Gasteiger partial charge on any atom is -0.457 e. The summed E-state index contributed by atoms with van der Waals surface area (Å²) < 4.78 is 8.94. The normalized spacial score (nSPS) is 34.4. The third-order valence-electron chi connectivity index (χ3n) is 16.6. The molecule has 64 heavy (non-hydrogen) atoms. The number of imidazole rings is 1. The van der Waals surface area contributed by atoms with E-state index < -0.39 is 10.8 Å². The van der Waals surface area contributed by atoms with E-state index in [0.29, 0.717) is 23.1 Å². The van der Waals surface area contributed by atoms with Gasteiger partial charge < -0.3 is 29.9 Å². The molecule has 3 aromatic carbocycles. The number of nitrogens with zero attached hydrogens (tertiary/aromatic N) is 6. The van der Waals surface area contributed by atoms with Gasteiger partial charge in [-0.05, 0) is 128 Å². The molecule has 1 aromatic heterocycles. The van der Waals surface area contributed by atoms with Crippen molar-refractivity contribution in [3.63, 3.8) is 0 Å². The fourth-order valence-corrected chi connectivity index (χ4v) is 13.9. The Labute approximate surface area is 390 Å². The smallest absolute Gasteiger partial charge is 0.153 e. The van der Waals surface area contributed by atoms with Gasteiger partial charge in [0, 0.05) is 95.7 Å². The molecule has 7 unspecified atom stereocenters. The van der Waals surface area contributed by atoms with E-state index in [0.717, 1.165) is 72.2 Å². The summed E-state index contributed by atoms with van der Waals surface area (Å²) in [6.07, 6.45) is 5.21. The van der Waals surface area contributed by atoms with Gasteiger partial charge in [0.15, 0.2) is 5.78 Å². The Kier molecular flexibility index (Phi) is 12.7. The number of aromatic nitrogens is 2. The number of aliphatic hydroxyl groups is 1. The molecule has 1 aliphatic carbocycles. The second-order valence-electron chi connectivity index (χ2n) is 20.2. The number of aliphatic hydroxyl groups excluding tert-OH is 1. The van der Waals surface area contributed by atoms with Crippen LogP contribution in [0.3, 0.4) is 0 Å². The maximum absolute atomic E-state index is 16.9. The standard InChI is InChI=1S/C51H68Cl2N8O3/c1-10-50-44-21-30(2)47(50)58(7)31(3)25-54-43-24-38(22-33-11-16-36(52)17-12-33)59(8)48-40(29-62)56-46(51(43,48)49(50)63)32(4)61(44)27-35-13-18-37(53)23-42(35)64-39-19-14-34(15-20-39)41-26-55-45(60(41)9)28-57(5)6/h11-20,23,26,30-32,38,40,43-44,46-48,54,56,62H,10,21-22,24-25,27-29H2,1-9H3/t30-,31+,32+,38+,40-,43?,44?,46?,47?,48?,50?,51?/m1/s1. The summed E-state index contributed by atoms with van der Waals surface area (Å²) in [6.45, 7) is 11.4. The van der Waals surface area contributed by atoms with Crippen molar-refractivity contribution in [1.82, 2.24) is 39.8 Å². The van der Waals surface area contributed by atoms with Gasteiger partial charge in [0.05, 0.1) is 35.9 Å². The molecule has 4 aliphatic heterocycles. The molecular formula is C51H68Cl2N8O3. The lowest BCUT2D eigenvalue weighted by atomic mass is 9.54. The summed E-state index contributed by atoms with van der Waals surface area (Å²) in [5, 5.41) is 20.8. The van der Waals surface area contributed by atoms with E-state index in [4.69, 9.17) is 27.9 Å². The molecule has 11 nitrogen and oxygen atoms in total. The largest absolute Gasteiger partial charge is 0.457 e. The Bertz CT molecular complexity index is 2320. The average Bonchev–Trinajstić information content (AvgIpc) is 3.92. The number of likely N-dealkylation sites (tertiary alicyclic amines) is 2. The molecule has 5 aliphatic rings. The molecular weight excluding hydrogens is 844 g/mol. The van der Waals surface area contributed by atoms with Crippen LogP contribution in [0.15, 0.2) is 72.9 Å². The van der Waals surface area contributed by atoms with Gasteiger partial charge in [0.25, 0.3) is 0 Å². The summed E-state index contributed by atoms with van der Waals surface area (Å²) in [6, 6.07) is 21.8. The molecule has 5 fully saturated rings. The minimum absolute atomic E-state index is 0.0282. The SMILES string of the molecule is CCC12C(=O)C34C5C[C@H](Cc6ccc(Cl)cc6)N(C)C3[C@@H](CO)NC4[C@H](C)N(Cc3ccc(Cl)cc3Oc3ccc(-c4cnc(CN(C)C)n4C)cc3)C1C[C@@H](C)C2N(C)[C@@H](C)CN5. The summed E-state index contributed by atoms with van der Waals surface area (Å²) >= 11 is 13.1. The van der Waals surface area contributed by atoms with Gasteiger partial charge in [-0.25, -0.2) is 4.98 Å². The van der Waals surface area contributed by atoms with Crippen molar-refractivity contribution in [3.8, 4) is 22.8 Å². The average molecular weight is 912 g/mol. The zero-order valence-electron chi connectivity index (χ0n) is 39.1. The lowest BCUT2D eigenvalue weighted by molar-refractivity contribution is -0.154. The number of hydrogen-bond acceptors (Lipinski definition) is 10. The molecule has 2 bridgehead atoms. The van der Waals surface area contributed by atoms with Crippen molar-refractivity contribution >= 4 is 29.0 Å². The van der Waals surface area contributed by atoms with Crippen molar-refractivity contribution in [2.24, 2.45) is 23.8 Å². The van der Waals surface area contributed by atoms with E-state index in [1.54, 1.807) is 0 Å². The first-order chi connectivity index (χ1) is 30.6. The second-order valence-corrected chi connectivity index (χ2v) is 21.1. The van der Waals surface area contributed by atoms with Crippen molar-refractivity contribution in [2.75, 3.05) is 41.3 Å². The van der Waals surface area contributed by atoms with E-state index in [2.05, 4.69) is 119 Å². The van der Waals surface area contributed by atoms with E-state index in [-0.39, 0.29) is 66.9 Å². The Morgan fingerprint density at radius 3 is 2.34 bits per heavy atom. The second kappa shape index (κ2) is 17.7. The highest BCUT2D eigenvalue weighted by Crippen LogP contribution is 2.62. The number of likely N-dealkylation sites (N-methyl/N-ethyl adjacent to an activating group) is 2. The van der Waals surface area contributed by atoms with Crippen LogP contribution >= 0.6 is 23.2 Å². The first-order valence-corrected chi connectivity index (χ1v) is 24.2. The lowest BCUT2D eigenvalue weighted by Crippen LogP contribution is -2.73. The summed E-state index contributed by atoms with van der Waals surface area (Å²) in [4.78, 5) is 31.4. The van der Waals surface area contributed by atoms with Crippen LogP contribution in [0.1, 0.15) is 63.9 Å². The number of hydrogen-bond donors (Lipinski definition) is 3. The molecule has 0 amide bonds. The molecule has 344 valence electrons. The first kappa shape index (κ1) is 45.8. The number of piperidine rings is 1. The van der Waals surface area contributed by atoms with E-state index in [1.165, 1.54) is 5.56 Å². The molecule has 4 aromatic rings. The summed E-state index contributed by atoms with van der Waals surface area (Å²) in [5.74, 6) is 3.08. The number of ether oxygens (including phenoxy) is 1. The Morgan fingerprint density at radius 1 is 0.938 bits per heavy atom. The van der Waals surface area contributed by atoms with Crippen LogP contribution in [0.2, 0.25) is 10.0 Å². The quantitative estimate of drug-likeness (QED) is 0.144. The van der Waals surface area contributed by atoms with Crippen molar-refractivity contribution in [2.45, 2.75) is 121 Å². The van der Waals surface area contributed by atoms with Crippen LogP contribution in [0.5, 0.6) is 11.5 Å². The van der Waals surface area contributed by atoms with E-state index >= 15 is 4.79 Å². The molecule has 12 atom stereocenters. The first-order valence-electron chi connectivity index (χ1n) is 23.4. The number of carbonyl (C=O) groups excluding carboxylic acids is 1. The highest BCUT2D eigenvalue weighted by molar-refractivity contribution is 6.31. The maximum Gasteiger partial charge on any atom is 0.153 e. The zero-order chi connectivity index (χ0) is 45.4. The third-order valence-corrected chi connectivity index (χ3v) is 17.1. The van der Waals surface area contributed by atoms with E-state index in [9.17, 15) is 5.11 Å². The molecule has 9 rings (SSSR count). The van der Waals surface area contributed by atoms with Gasteiger partial charge in [-0.2, -0.15) is 0 Å². The number of nitrogens with one attached hydrogen (secondary N) is 2. The minimum atomic E-state index is -0.809. The van der Waals surface area contributed by atoms with Crippen LogP contribution in [0.4, 0.5) is 0 Å². The fourth-order valence-electron chi connectivity index (χ4n) is 13.6. The van der Waals surface area contributed by atoms with Gasteiger partial charge in [-0.1, -0.05) is 55.2 Å². The number of halogens is 2. The predicted octanol–water partition coefficient (Wildman–Crippen LogP) is 7.12. The van der Waals surface area contributed by atoms with Crippen LogP contribution in [-0.2, 0) is 31.4 Å². The van der Waals surface area contributed by atoms with Crippen LogP contribution in [0.25, 0.3) is 11.3 Å². The Morgan fingerprint density at radius 2 is 1.66 bits per heavy atom.